The van der Waals surface area contributed by atoms with Crippen molar-refractivity contribution in [3.05, 3.63) is 53.9 Å². The molecule has 1 nitrogen and oxygen atoms in total. The second-order valence-electron chi connectivity index (χ2n) is 3.34. The average Bonchev–Trinajstić information content (AvgIpc) is 2.23. The molecule has 0 aliphatic rings. The lowest BCUT2D eigenvalue weighted by Crippen LogP contribution is -1.89. The monoisotopic (exact) mass is 205 g/mol. The zero-order valence-corrected chi connectivity index (χ0v) is 8.17. The fraction of sp³-hybridized carbons (Fsp3) is 0.0833. The van der Waals surface area contributed by atoms with Crippen LogP contribution in [0, 0.1) is 18.7 Å². The van der Waals surface area contributed by atoms with E-state index in [4.69, 9.17) is 0 Å². The Bertz CT molecular complexity index is 477. The van der Waals surface area contributed by atoms with Crippen LogP contribution in [-0.4, -0.2) is 4.98 Å². The van der Waals surface area contributed by atoms with Gasteiger partial charge in [0.25, 0.3) is 0 Å². The van der Waals surface area contributed by atoms with E-state index in [2.05, 4.69) is 4.98 Å². The number of hydrogen-bond donors (Lipinski definition) is 0. The zero-order chi connectivity index (χ0) is 10.8. The number of rotatable bonds is 1. The van der Waals surface area contributed by atoms with Crippen molar-refractivity contribution in [2.75, 3.05) is 0 Å². The topological polar surface area (TPSA) is 12.9 Å². The normalized spacial score (nSPS) is 10.3. The average molecular weight is 205 g/mol. The van der Waals surface area contributed by atoms with Crippen molar-refractivity contribution in [2.45, 2.75) is 6.92 Å². The van der Waals surface area contributed by atoms with Gasteiger partial charge in [0.2, 0.25) is 5.95 Å². The first-order valence-electron chi connectivity index (χ1n) is 4.55. The summed E-state index contributed by atoms with van der Waals surface area (Å²) in [6.07, 6.45) is 1.44. The van der Waals surface area contributed by atoms with Gasteiger partial charge in [-0.15, -0.1) is 0 Å². The molecule has 3 heteroatoms. The Morgan fingerprint density at radius 2 is 1.67 bits per heavy atom. The van der Waals surface area contributed by atoms with Gasteiger partial charge in [0.05, 0.1) is 0 Å². The number of halogens is 2. The molecule has 0 aliphatic heterocycles. The van der Waals surface area contributed by atoms with Crippen LogP contribution in [0.4, 0.5) is 8.78 Å². The largest absolute Gasteiger partial charge is 0.227 e. The van der Waals surface area contributed by atoms with Crippen molar-refractivity contribution in [1.82, 2.24) is 4.98 Å². The smallest absolute Gasteiger partial charge is 0.215 e. The van der Waals surface area contributed by atoms with Crippen molar-refractivity contribution in [2.24, 2.45) is 0 Å². The molecule has 0 bridgehead atoms. The van der Waals surface area contributed by atoms with Crippen LogP contribution in [0.3, 0.4) is 0 Å². The number of hydrogen-bond acceptors (Lipinski definition) is 1. The van der Waals surface area contributed by atoms with E-state index in [1.807, 2.05) is 0 Å². The summed E-state index contributed by atoms with van der Waals surface area (Å²) < 4.78 is 25.6. The van der Waals surface area contributed by atoms with E-state index in [0.29, 0.717) is 5.56 Å². The molecule has 15 heavy (non-hydrogen) atoms. The summed E-state index contributed by atoms with van der Waals surface area (Å²) in [5.41, 5.74) is 2.10. The molecule has 1 aromatic heterocycles. The number of benzene rings is 1. The van der Waals surface area contributed by atoms with E-state index < -0.39 is 5.95 Å². The van der Waals surface area contributed by atoms with Crippen molar-refractivity contribution in [1.29, 1.82) is 0 Å². The first kappa shape index (κ1) is 9.77. The number of aryl methyl sites for hydroxylation is 1. The standard InChI is InChI=1S/C12H9F2N/c1-8-6-10(7-15-12(8)14)9-2-4-11(13)5-3-9/h2-7H,1H3. The molecular formula is C12H9F2N. The van der Waals surface area contributed by atoms with Crippen LogP contribution in [0.15, 0.2) is 36.5 Å². The molecular weight excluding hydrogens is 196 g/mol. The minimum Gasteiger partial charge on any atom is -0.227 e. The third kappa shape index (κ3) is 2.01. The van der Waals surface area contributed by atoms with Gasteiger partial charge >= 0.3 is 0 Å². The minimum absolute atomic E-state index is 0.287. The molecule has 1 heterocycles. The van der Waals surface area contributed by atoms with E-state index in [-0.39, 0.29) is 5.82 Å². The van der Waals surface area contributed by atoms with Gasteiger partial charge < -0.3 is 0 Å². The second-order valence-corrected chi connectivity index (χ2v) is 3.34. The van der Waals surface area contributed by atoms with Crippen LogP contribution in [0.25, 0.3) is 11.1 Å². The third-order valence-corrected chi connectivity index (χ3v) is 2.19. The predicted molar refractivity (Wildman–Crippen MR) is 54.3 cm³/mol. The summed E-state index contributed by atoms with van der Waals surface area (Å²) in [6, 6.07) is 7.71. The van der Waals surface area contributed by atoms with Crippen LogP contribution in [-0.2, 0) is 0 Å². The van der Waals surface area contributed by atoms with Gasteiger partial charge in [-0.25, -0.2) is 9.37 Å². The van der Waals surface area contributed by atoms with Gasteiger partial charge in [-0.3, -0.25) is 0 Å². The van der Waals surface area contributed by atoms with Gasteiger partial charge in [0.15, 0.2) is 0 Å². The van der Waals surface area contributed by atoms with E-state index in [0.717, 1.165) is 11.1 Å². The van der Waals surface area contributed by atoms with Gasteiger partial charge in [0, 0.05) is 17.3 Å². The van der Waals surface area contributed by atoms with E-state index >= 15 is 0 Å². The van der Waals surface area contributed by atoms with E-state index in [1.165, 1.54) is 18.3 Å². The van der Waals surface area contributed by atoms with Crippen molar-refractivity contribution in [3.63, 3.8) is 0 Å². The van der Waals surface area contributed by atoms with Gasteiger partial charge in [0.1, 0.15) is 5.82 Å². The summed E-state index contributed by atoms with van der Waals surface area (Å²) in [4.78, 5) is 3.62. The first-order valence-corrected chi connectivity index (χ1v) is 4.55. The lowest BCUT2D eigenvalue weighted by atomic mass is 10.1. The zero-order valence-electron chi connectivity index (χ0n) is 8.17. The van der Waals surface area contributed by atoms with Crippen LogP contribution in [0.5, 0.6) is 0 Å². The maximum atomic E-state index is 12.9. The Morgan fingerprint density at radius 1 is 1.00 bits per heavy atom. The van der Waals surface area contributed by atoms with Gasteiger partial charge in [-0.1, -0.05) is 12.1 Å². The Labute approximate surface area is 86.4 Å². The number of aromatic nitrogens is 1. The van der Waals surface area contributed by atoms with E-state index in [9.17, 15) is 8.78 Å². The molecule has 2 aromatic rings. The van der Waals surface area contributed by atoms with Crippen LogP contribution < -0.4 is 0 Å². The molecule has 0 atom stereocenters. The molecule has 2 rings (SSSR count). The molecule has 0 radical (unpaired) electrons. The summed E-state index contributed by atoms with van der Waals surface area (Å²) in [5, 5.41) is 0. The summed E-state index contributed by atoms with van der Waals surface area (Å²) in [6.45, 7) is 1.65. The van der Waals surface area contributed by atoms with E-state index in [1.54, 1.807) is 25.1 Å². The highest BCUT2D eigenvalue weighted by Gasteiger charge is 2.02. The molecule has 0 N–H and O–H groups in total. The molecule has 0 fully saturated rings. The number of nitrogens with zero attached hydrogens (tertiary/aromatic N) is 1. The summed E-state index contributed by atoms with van der Waals surface area (Å²) in [7, 11) is 0. The maximum Gasteiger partial charge on any atom is 0.215 e. The van der Waals surface area contributed by atoms with Crippen LogP contribution in [0.2, 0.25) is 0 Å². The van der Waals surface area contributed by atoms with Crippen molar-refractivity contribution < 1.29 is 8.78 Å². The Balaban J connectivity index is 2.45. The second kappa shape index (κ2) is 3.77. The molecule has 1 aromatic carbocycles. The quantitative estimate of drug-likeness (QED) is 0.650. The molecule has 0 saturated heterocycles. The Hall–Kier alpha value is -1.77. The molecule has 0 amide bonds. The highest BCUT2D eigenvalue weighted by molar-refractivity contribution is 5.62. The van der Waals surface area contributed by atoms with Crippen molar-refractivity contribution in [3.8, 4) is 11.1 Å². The first-order chi connectivity index (χ1) is 7.16. The highest BCUT2D eigenvalue weighted by atomic mass is 19.1. The highest BCUT2D eigenvalue weighted by Crippen LogP contribution is 2.20. The molecule has 76 valence electrons. The molecule has 0 spiro atoms. The maximum absolute atomic E-state index is 12.9. The molecule has 0 saturated carbocycles. The minimum atomic E-state index is -0.471. The Morgan fingerprint density at radius 3 is 2.27 bits per heavy atom. The van der Waals surface area contributed by atoms with Crippen molar-refractivity contribution >= 4 is 0 Å². The molecule has 0 unspecified atom stereocenters. The fourth-order valence-electron chi connectivity index (χ4n) is 1.36. The van der Waals surface area contributed by atoms with Crippen LogP contribution >= 0.6 is 0 Å². The number of pyridine rings is 1. The lowest BCUT2D eigenvalue weighted by molar-refractivity contribution is 0.575. The fourth-order valence-corrected chi connectivity index (χ4v) is 1.36. The lowest BCUT2D eigenvalue weighted by Gasteiger charge is -2.02. The Kier molecular flexibility index (Phi) is 2.46. The third-order valence-electron chi connectivity index (χ3n) is 2.19. The van der Waals surface area contributed by atoms with Crippen LogP contribution in [0.1, 0.15) is 5.56 Å². The summed E-state index contributed by atoms with van der Waals surface area (Å²) >= 11 is 0. The summed E-state index contributed by atoms with van der Waals surface area (Å²) in [5.74, 6) is -0.758. The predicted octanol–water partition coefficient (Wildman–Crippen LogP) is 3.34. The SMILES string of the molecule is Cc1cc(-c2ccc(F)cc2)cnc1F. The molecule has 0 aliphatic carbocycles. The van der Waals surface area contributed by atoms with Gasteiger partial charge in [-0.05, 0) is 30.7 Å². The van der Waals surface area contributed by atoms with Gasteiger partial charge in [-0.2, -0.15) is 4.39 Å².